The molecule has 2 aromatic carbocycles. The molecule has 0 N–H and O–H groups in total. The van der Waals surface area contributed by atoms with Crippen molar-refractivity contribution in [3.8, 4) is 5.75 Å². The lowest BCUT2D eigenvalue weighted by molar-refractivity contribution is 0.306. The highest BCUT2D eigenvalue weighted by Crippen LogP contribution is 2.29. The fourth-order valence-electron chi connectivity index (χ4n) is 1.36. The van der Waals surface area contributed by atoms with Crippen LogP contribution in [0.3, 0.4) is 0 Å². The normalized spacial score (nSPS) is 10.3. The van der Waals surface area contributed by atoms with Crippen molar-refractivity contribution in [1.82, 2.24) is 0 Å². The first-order chi connectivity index (χ1) is 8.16. The van der Waals surface area contributed by atoms with Gasteiger partial charge in [0.15, 0.2) is 0 Å². The zero-order valence-electron chi connectivity index (χ0n) is 8.79. The average molecular weight is 288 g/mol. The van der Waals surface area contributed by atoms with E-state index in [0.29, 0.717) is 27.4 Å². The quantitative estimate of drug-likeness (QED) is 0.751. The molecule has 0 radical (unpaired) electrons. The van der Waals surface area contributed by atoms with E-state index in [2.05, 4.69) is 0 Å². The van der Waals surface area contributed by atoms with E-state index in [-0.39, 0.29) is 0 Å². The first kappa shape index (κ1) is 12.6. The molecular weight excluding hydrogens is 279 g/mol. The standard InChI is InChI=1S/C13H9Cl3O/c14-10-5-6-12(16)13(7-10)17-8-9-3-1-2-4-11(9)15/h1-7H,8H2. The van der Waals surface area contributed by atoms with E-state index < -0.39 is 0 Å². The van der Waals surface area contributed by atoms with Gasteiger partial charge in [-0.25, -0.2) is 0 Å². The van der Waals surface area contributed by atoms with Crippen molar-refractivity contribution in [1.29, 1.82) is 0 Å². The third-order valence-electron chi connectivity index (χ3n) is 2.23. The lowest BCUT2D eigenvalue weighted by Gasteiger charge is -2.09. The van der Waals surface area contributed by atoms with Gasteiger partial charge < -0.3 is 4.74 Å². The van der Waals surface area contributed by atoms with Crippen molar-refractivity contribution in [2.45, 2.75) is 6.61 Å². The van der Waals surface area contributed by atoms with Crippen LogP contribution in [0.15, 0.2) is 42.5 Å². The number of halogens is 3. The molecule has 0 aliphatic rings. The largest absolute Gasteiger partial charge is 0.487 e. The summed E-state index contributed by atoms with van der Waals surface area (Å²) in [5.41, 5.74) is 0.908. The Labute approximate surface area is 115 Å². The summed E-state index contributed by atoms with van der Waals surface area (Å²) < 4.78 is 5.58. The first-order valence-electron chi connectivity index (χ1n) is 4.98. The topological polar surface area (TPSA) is 9.23 Å². The minimum atomic E-state index is 0.361. The predicted molar refractivity (Wildman–Crippen MR) is 72.2 cm³/mol. The number of hydrogen-bond acceptors (Lipinski definition) is 1. The van der Waals surface area contributed by atoms with Crippen molar-refractivity contribution in [3.05, 3.63) is 63.1 Å². The molecule has 88 valence electrons. The molecule has 0 bridgehead atoms. The van der Waals surface area contributed by atoms with Gasteiger partial charge >= 0.3 is 0 Å². The molecule has 0 amide bonds. The number of hydrogen-bond donors (Lipinski definition) is 0. The molecule has 4 heteroatoms. The molecular formula is C13H9Cl3O. The molecule has 0 aliphatic heterocycles. The van der Waals surface area contributed by atoms with E-state index in [0.717, 1.165) is 5.56 Å². The molecule has 0 saturated carbocycles. The summed E-state index contributed by atoms with van der Waals surface area (Å²) in [6, 6.07) is 12.6. The molecule has 0 heterocycles. The molecule has 17 heavy (non-hydrogen) atoms. The van der Waals surface area contributed by atoms with Crippen LogP contribution in [0.1, 0.15) is 5.56 Å². The predicted octanol–water partition coefficient (Wildman–Crippen LogP) is 5.23. The fraction of sp³-hybridized carbons (Fsp3) is 0.0769. The summed E-state index contributed by atoms with van der Waals surface area (Å²) in [6.07, 6.45) is 0. The number of ether oxygens (including phenoxy) is 1. The maximum Gasteiger partial charge on any atom is 0.139 e. The molecule has 1 nitrogen and oxygen atoms in total. The Bertz CT molecular complexity index is 526. The Morgan fingerprint density at radius 1 is 0.882 bits per heavy atom. The maximum atomic E-state index is 6.02. The minimum absolute atomic E-state index is 0.361. The molecule has 0 unspecified atom stereocenters. The van der Waals surface area contributed by atoms with Gasteiger partial charge in [-0.15, -0.1) is 0 Å². The van der Waals surface area contributed by atoms with E-state index in [9.17, 15) is 0 Å². The van der Waals surface area contributed by atoms with E-state index in [1.807, 2.05) is 24.3 Å². The molecule has 2 rings (SSSR count). The lowest BCUT2D eigenvalue weighted by Crippen LogP contribution is -1.96. The van der Waals surface area contributed by atoms with Crippen molar-refractivity contribution in [2.75, 3.05) is 0 Å². The summed E-state index contributed by atoms with van der Waals surface area (Å²) in [6.45, 7) is 0.361. The summed E-state index contributed by atoms with van der Waals surface area (Å²) in [5.74, 6) is 0.555. The van der Waals surface area contributed by atoms with Crippen LogP contribution >= 0.6 is 34.8 Å². The summed E-state index contributed by atoms with van der Waals surface area (Å²) >= 11 is 17.9. The molecule has 0 aromatic heterocycles. The van der Waals surface area contributed by atoms with Crippen molar-refractivity contribution in [2.24, 2.45) is 0 Å². The van der Waals surface area contributed by atoms with Gasteiger partial charge in [0.1, 0.15) is 12.4 Å². The zero-order chi connectivity index (χ0) is 12.3. The molecule has 0 spiro atoms. The SMILES string of the molecule is Clc1ccc(Cl)c(OCc2ccccc2Cl)c1. The Morgan fingerprint density at radius 2 is 1.65 bits per heavy atom. The van der Waals surface area contributed by atoms with Crippen LogP contribution in [0.2, 0.25) is 15.1 Å². The van der Waals surface area contributed by atoms with Crippen LogP contribution in [0.25, 0.3) is 0 Å². The van der Waals surface area contributed by atoms with E-state index in [4.69, 9.17) is 39.5 Å². The molecule has 2 aromatic rings. The first-order valence-corrected chi connectivity index (χ1v) is 6.11. The monoisotopic (exact) mass is 286 g/mol. The summed E-state index contributed by atoms with van der Waals surface area (Å²) in [4.78, 5) is 0. The summed E-state index contributed by atoms with van der Waals surface area (Å²) in [5, 5.41) is 1.79. The Balaban J connectivity index is 2.12. The Morgan fingerprint density at radius 3 is 2.41 bits per heavy atom. The van der Waals surface area contributed by atoms with Crippen LogP contribution in [-0.2, 0) is 6.61 Å². The minimum Gasteiger partial charge on any atom is -0.487 e. The Hall–Kier alpha value is -0.890. The fourth-order valence-corrected chi connectivity index (χ4v) is 1.88. The second-order valence-electron chi connectivity index (χ2n) is 3.45. The van der Waals surface area contributed by atoms with Crippen molar-refractivity contribution in [3.63, 3.8) is 0 Å². The average Bonchev–Trinajstić information content (AvgIpc) is 2.32. The van der Waals surface area contributed by atoms with Gasteiger partial charge in [-0.05, 0) is 18.2 Å². The second kappa shape index (κ2) is 5.63. The number of rotatable bonds is 3. The molecule has 0 saturated heterocycles. The van der Waals surface area contributed by atoms with Gasteiger partial charge in [-0.3, -0.25) is 0 Å². The van der Waals surface area contributed by atoms with Gasteiger partial charge in [-0.1, -0.05) is 53.0 Å². The highest BCUT2D eigenvalue weighted by molar-refractivity contribution is 6.34. The Kier molecular flexibility index (Phi) is 4.16. The van der Waals surface area contributed by atoms with Crippen LogP contribution in [0.5, 0.6) is 5.75 Å². The smallest absolute Gasteiger partial charge is 0.139 e. The lowest BCUT2D eigenvalue weighted by atomic mass is 10.2. The van der Waals surface area contributed by atoms with Crippen LogP contribution in [0, 0.1) is 0 Å². The highest BCUT2D eigenvalue weighted by atomic mass is 35.5. The molecule has 0 aliphatic carbocycles. The molecule has 0 fully saturated rings. The van der Waals surface area contributed by atoms with E-state index in [1.165, 1.54) is 0 Å². The van der Waals surface area contributed by atoms with Gasteiger partial charge in [0.05, 0.1) is 5.02 Å². The highest BCUT2D eigenvalue weighted by Gasteiger charge is 2.04. The zero-order valence-corrected chi connectivity index (χ0v) is 11.1. The summed E-state index contributed by atoms with van der Waals surface area (Å²) in [7, 11) is 0. The van der Waals surface area contributed by atoms with Crippen molar-refractivity contribution >= 4 is 34.8 Å². The molecule has 0 atom stereocenters. The maximum absolute atomic E-state index is 6.02. The van der Waals surface area contributed by atoms with Crippen LogP contribution in [0.4, 0.5) is 0 Å². The number of benzene rings is 2. The second-order valence-corrected chi connectivity index (χ2v) is 4.71. The van der Waals surface area contributed by atoms with Crippen LogP contribution < -0.4 is 4.74 Å². The third kappa shape index (κ3) is 3.29. The van der Waals surface area contributed by atoms with Gasteiger partial charge in [0.25, 0.3) is 0 Å². The third-order valence-corrected chi connectivity index (χ3v) is 3.15. The van der Waals surface area contributed by atoms with Gasteiger partial charge in [-0.2, -0.15) is 0 Å². The van der Waals surface area contributed by atoms with E-state index >= 15 is 0 Å². The van der Waals surface area contributed by atoms with Crippen LogP contribution in [-0.4, -0.2) is 0 Å². The van der Waals surface area contributed by atoms with E-state index in [1.54, 1.807) is 18.2 Å². The van der Waals surface area contributed by atoms with Gasteiger partial charge in [0.2, 0.25) is 0 Å². The van der Waals surface area contributed by atoms with Gasteiger partial charge in [0, 0.05) is 21.7 Å². The van der Waals surface area contributed by atoms with Crippen molar-refractivity contribution < 1.29 is 4.74 Å².